The van der Waals surface area contributed by atoms with Crippen LogP contribution in [0.5, 0.6) is 0 Å². The zero-order chi connectivity index (χ0) is 31.6. The van der Waals surface area contributed by atoms with Crippen LogP contribution in [0.3, 0.4) is 0 Å². The topological polar surface area (TPSA) is 0 Å². The number of hydrogen-bond acceptors (Lipinski definition) is 0. The molecule has 0 saturated carbocycles. The van der Waals surface area contributed by atoms with E-state index in [1.807, 2.05) is 54.6 Å². The number of hydrogen-bond donors (Lipinski definition) is 0. The monoisotopic (exact) mass is 764 g/mol. The van der Waals surface area contributed by atoms with Crippen molar-refractivity contribution in [1.29, 1.82) is 0 Å². The summed E-state index contributed by atoms with van der Waals surface area (Å²) in [7, 11) is 0. The maximum absolute atomic E-state index is 5.88. The average molecular weight is 768 g/mol. The van der Waals surface area contributed by atoms with Gasteiger partial charge in [0.05, 0.1) is 0 Å². The molecule has 0 radical (unpaired) electrons. The second-order valence-electron chi connectivity index (χ2n) is 12.2. The van der Waals surface area contributed by atoms with Gasteiger partial charge in [-0.3, -0.25) is 0 Å². The van der Waals surface area contributed by atoms with Crippen LogP contribution in [0.15, 0.2) is 103 Å². The molecule has 5 aromatic rings. The summed E-state index contributed by atoms with van der Waals surface area (Å²) in [6, 6.07) is 39.1. The van der Waals surface area contributed by atoms with Crippen LogP contribution in [0, 0.1) is 31.7 Å². The zero-order valence-corrected chi connectivity index (χ0v) is 32.8. The minimum atomic E-state index is 0. The number of benzene rings is 4. The van der Waals surface area contributed by atoms with Crippen LogP contribution in [0.2, 0.25) is 10.0 Å². The van der Waals surface area contributed by atoms with E-state index in [1.165, 1.54) is 77.5 Å². The molecule has 1 aliphatic rings. The Morgan fingerprint density at radius 1 is 0.761 bits per heavy atom. The van der Waals surface area contributed by atoms with Crippen molar-refractivity contribution in [3.8, 4) is 11.1 Å². The summed E-state index contributed by atoms with van der Waals surface area (Å²) in [6.45, 7) is 11.4. The molecule has 0 spiro atoms. The van der Waals surface area contributed by atoms with Crippen LogP contribution in [0.4, 0.5) is 0 Å². The largest absolute Gasteiger partial charge is 1.00 e. The first-order valence-electron chi connectivity index (χ1n) is 15.5. The van der Waals surface area contributed by atoms with Gasteiger partial charge in [-0.05, 0) is 55.2 Å². The molecule has 1 unspecified atom stereocenters. The Hall–Kier alpha value is -1.86. The standard InChI is InChI=1S/C21H25.C15H12Cl2.C5H5.2ClH.Zr/c1-13(2)14(3)8-17-6-7-20-19(11-17)12-18-9-15(4)16(5)10-21(18)20;16-14-8-4-12(5-9-14)2-1-3-13-6-10-15(17)11-7-13;1-2-4-5-3-1;;;/h6-7,9-10,13-14H,8,12H2,1-5H3;4-11H,2-3H2;1-5H;2*1H;/q-1;;-1;;;+2/p-2. The summed E-state index contributed by atoms with van der Waals surface area (Å²) in [5.41, 5.74) is 12.5. The third-order valence-electron chi connectivity index (χ3n) is 8.36. The van der Waals surface area contributed by atoms with E-state index in [1.54, 1.807) is 0 Å². The molecule has 240 valence electrons. The van der Waals surface area contributed by atoms with E-state index in [-0.39, 0.29) is 24.8 Å². The van der Waals surface area contributed by atoms with E-state index in [9.17, 15) is 0 Å². The third-order valence-corrected chi connectivity index (χ3v) is 9.73. The quantitative estimate of drug-likeness (QED) is 0.191. The van der Waals surface area contributed by atoms with Gasteiger partial charge in [-0.1, -0.05) is 38.5 Å². The van der Waals surface area contributed by atoms with E-state index in [4.69, 9.17) is 23.2 Å². The Balaban J connectivity index is 0.000000270. The Morgan fingerprint density at radius 2 is 1.28 bits per heavy atom. The number of aryl methyl sites for hydroxylation is 2. The molecule has 46 heavy (non-hydrogen) atoms. The summed E-state index contributed by atoms with van der Waals surface area (Å²) >= 11 is 13.2. The molecule has 0 heterocycles. The molecule has 6 rings (SSSR count). The van der Waals surface area contributed by atoms with Crippen LogP contribution in [0.1, 0.15) is 59.7 Å². The maximum Gasteiger partial charge on any atom is -0.172 e. The van der Waals surface area contributed by atoms with E-state index in [0.717, 1.165) is 41.6 Å². The van der Waals surface area contributed by atoms with Gasteiger partial charge in [0.25, 0.3) is 0 Å². The molecule has 1 atom stereocenters. The van der Waals surface area contributed by atoms with Gasteiger partial charge in [0, 0.05) is 0 Å². The minimum absolute atomic E-state index is 0. The smallest absolute Gasteiger partial charge is 0.172 e. The predicted octanol–water partition coefficient (Wildman–Crippen LogP) is 5.42. The van der Waals surface area contributed by atoms with Gasteiger partial charge in [0.1, 0.15) is 0 Å². The van der Waals surface area contributed by atoms with E-state index < -0.39 is 0 Å². The summed E-state index contributed by atoms with van der Waals surface area (Å²) in [6.07, 6.45) is 4.24. The molecule has 1 aliphatic carbocycles. The van der Waals surface area contributed by atoms with E-state index in [2.05, 4.69) is 89.2 Å². The second kappa shape index (κ2) is 19.8. The molecule has 5 heteroatoms. The van der Waals surface area contributed by atoms with E-state index in [0.29, 0.717) is 5.92 Å². The summed E-state index contributed by atoms with van der Waals surface area (Å²) in [5, 5.41) is 1.59. The van der Waals surface area contributed by atoms with E-state index >= 15 is 0 Å². The van der Waals surface area contributed by atoms with Gasteiger partial charge in [-0.2, -0.15) is 42.0 Å². The Morgan fingerprint density at radius 3 is 1.76 bits per heavy atom. The minimum Gasteiger partial charge on any atom is -1.00 e. The third kappa shape index (κ3) is 12.3. The van der Waals surface area contributed by atoms with Crippen molar-refractivity contribution in [3.05, 3.63) is 158 Å². The number of rotatable bonds is 7. The molecule has 0 N–H and O–H groups in total. The van der Waals surface area contributed by atoms with Gasteiger partial charge >= 0.3 is 133 Å². The maximum atomic E-state index is 5.88. The summed E-state index contributed by atoms with van der Waals surface area (Å²) in [5.74, 6) is 1.45. The zero-order valence-electron chi connectivity index (χ0n) is 27.3. The first-order chi connectivity index (χ1) is 21.1. The average Bonchev–Trinajstić information content (AvgIpc) is 3.68. The van der Waals surface area contributed by atoms with Crippen LogP contribution in [-0.4, -0.2) is 3.21 Å². The van der Waals surface area contributed by atoms with Gasteiger partial charge in [0.15, 0.2) is 0 Å². The van der Waals surface area contributed by atoms with Crippen molar-refractivity contribution in [2.24, 2.45) is 11.8 Å². The first kappa shape index (κ1) is 40.3. The van der Waals surface area contributed by atoms with Gasteiger partial charge in [-0.25, -0.2) is 12.1 Å². The molecular formula is C41H42Cl4Zr-2. The Bertz CT molecular complexity index is 1570. The SMILES string of the molecule is Cc1cc2c(cc1C)-c1ccc(CC(C)C(C)C)[c-]c1C2.Clc1ccc(C[C](=[Zr+2])Cc2ccc(Cl)cc2)cc1.[Cl-].[Cl-].c1cc[cH-]c1. The van der Waals surface area contributed by atoms with Crippen LogP contribution >= 0.6 is 23.2 Å². The normalized spacial score (nSPS) is 11.4. The molecule has 0 saturated heterocycles. The van der Waals surface area contributed by atoms with Crippen molar-refractivity contribution in [2.75, 3.05) is 0 Å². The number of halogens is 4. The van der Waals surface area contributed by atoms with Gasteiger partial charge in [-0.15, -0.1) is 11.1 Å². The van der Waals surface area contributed by atoms with Crippen molar-refractivity contribution in [2.45, 2.75) is 60.3 Å². The second-order valence-corrected chi connectivity index (χ2v) is 14.9. The first-order valence-corrected chi connectivity index (χ1v) is 17.4. The molecule has 5 aromatic carbocycles. The molecule has 0 amide bonds. The molecule has 0 aliphatic heterocycles. The fourth-order valence-electron chi connectivity index (χ4n) is 5.22. The number of fused-ring (bicyclic) bond motifs is 3. The van der Waals surface area contributed by atoms with Crippen molar-refractivity contribution >= 4 is 26.4 Å². The molecule has 0 aromatic heterocycles. The van der Waals surface area contributed by atoms with Crippen molar-refractivity contribution in [1.82, 2.24) is 0 Å². The van der Waals surface area contributed by atoms with Crippen LogP contribution < -0.4 is 24.8 Å². The Labute approximate surface area is 314 Å². The Kier molecular flexibility index (Phi) is 17.4. The molecule has 0 nitrogen and oxygen atoms in total. The summed E-state index contributed by atoms with van der Waals surface area (Å²) < 4.78 is 1.52. The van der Waals surface area contributed by atoms with Crippen molar-refractivity contribution in [3.63, 3.8) is 0 Å². The van der Waals surface area contributed by atoms with Gasteiger partial charge < -0.3 is 24.8 Å². The van der Waals surface area contributed by atoms with Crippen LogP contribution in [0.25, 0.3) is 11.1 Å². The molecular weight excluding hydrogens is 725 g/mol. The fourth-order valence-corrected chi connectivity index (χ4v) is 6.48. The van der Waals surface area contributed by atoms with Crippen molar-refractivity contribution < 1.29 is 49.0 Å². The summed E-state index contributed by atoms with van der Waals surface area (Å²) in [4.78, 5) is 0. The molecule has 0 fully saturated rings. The molecule has 0 bridgehead atoms. The van der Waals surface area contributed by atoms with Gasteiger partial charge in [0.2, 0.25) is 0 Å². The van der Waals surface area contributed by atoms with Crippen LogP contribution in [-0.2, 0) is 49.9 Å². The fraction of sp³-hybridized carbons (Fsp3) is 0.268. The predicted molar refractivity (Wildman–Crippen MR) is 188 cm³/mol.